The zero-order valence-electron chi connectivity index (χ0n) is 18.1. The van der Waals surface area contributed by atoms with Crippen LogP contribution in [0, 0.1) is 0 Å². The van der Waals surface area contributed by atoms with Gasteiger partial charge < -0.3 is 14.5 Å². The summed E-state index contributed by atoms with van der Waals surface area (Å²) in [6.07, 6.45) is 1.77. The van der Waals surface area contributed by atoms with Gasteiger partial charge in [0.05, 0.1) is 22.9 Å². The zero-order chi connectivity index (χ0) is 23.3. The van der Waals surface area contributed by atoms with Crippen molar-refractivity contribution in [2.75, 3.05) is 30.8 Å². The van der Waals surface area contributed by atoms with Crippen LogP contribution in [0.2, 0.25) is 0 Å². The number of carbonyl (C=O) groups excluding carboxylic acids is 1. The van der Waals surface area contributed by atoms with Gasteiger partial charge in [0.1, 0.15) is 5.75 Å². The summed E-state index contributed by atoms with van der Waals surface area (Å²) in [6.45, 7) is 3.48. The third kappa shape index (κ3) is 5.55. The van der Waals surface area contributed by atoms with E-state index in [-0.39, 0.29) is 27.7 Å². The molecule has 1 fully saturated rings. The van der Waals surface area contributed by atoms with Gasteiger partial charge in [-0.3, -0.25) is 4.79 Å². The number of sulfonamides is 1. The molecule has 2 heterocycles. The van der Waals surface area contributed by atoms with Crippen molar-refractivity contribution in [2.24, 2.45) is 0 Å². The zero-order valence-corrected chi connectivity index (χ0v) is 19.7. The summed E-state index contributed by atoms with van der Waals surface area (Å²) in [6, 6.07) is 13.6. The van der Waals surface area contributed by atoms with Gasteiger partial charge in [-0.15, -0.1) is 10.2 Å². The Bertz CT molecular complexity index is 1210. The molecule has 2 aromatic carbocycles. The van der Waals surface area contributed by atoms with E-state index in [2.05, 4.69) is 15.5 Å². The third-order valence-corrected chi connectivity index (χ3v) is 7.73. The van der Waals surface area contributed by atoms with E-state index in [0.29, 0.717) is 36.7 Å². The second-order valence-corrected chi connectivity index (χ2v) is 10.1. The van der Waals surface area contributed by atoms with Crippen molar-refractivity contribution in [1.82, 2.24) is 14.5 Å². The maximum Gasteiger partial charge on any atom is 0.277 e. The quantitative estimate of drug-likeness (QED) is 0.454. The number of thioether (sulfide) groups is 1. The highest BCUT2D eigenvalue weighted by molar-refractivity contribution is 7.99. The van der Waals surface area contributed by atoms with Crippen LogP contribution in [0.1, 0.15) is 19.8 Å². The molecule has 174 valence electrons. The predicted molar refractivity (Wildman–Crippen MR) is 125 cm³/mol. The van der Waals surface area contributed by atoms with Crippen molar-refractivity contribution in [1.29, 1.82) is 0 Å². The molecule has 1 saturated heterocycles. The number of para-hydroxylation sites is 2. The SMILES string of the molecule is CCOc1ccccc1NC(=O)CSc1nnc(-c2ccc(S(=O)(=O)N3CCCC3)cc2)o1. The van der Waals surface area contributed by atoms with Crippen LogP contribution in [-0.4, -0.2) is 54.3 Å². The van der Waals surface area contributed by atoms with E-state index in [1.807, 2.05) is 19.1 Å². The molecule has 1 amide bonds. The number of benzene rings is 2. The number of carbonyl (C=O) groups is 1. The van der Waals surface area contributed by atoms with Gasteiger partial charge in [0.25, 0.3) is 5.22 Å². The molecule has 0 unspecified atom stereocenters. The summed E-state index contributed by atoms with van der Waals surface area (Å²) in [5.41, 5.74) is 1.20. The molecule has 4 rings (SSSR count). The predicted octanol–water partition coefficient (Wildman–Crippen LogP) is 3.65. The second kappa shape index (κ2) is 10.4. The van der Waals surface area contributed by atoms with Gasteiger partial charge in [-0.2, -0.15) is 4.31 Å². The first-order chi connectivity index (χ1) is 16.0. The van der Waals surface area contributed by atoms with Gasteiger partial charge in [-0.05, 0) is 56.2 Å². The summed E-state index contributed by atoms with van der Waals surface area (Å²) in [5.74, 6) is 0.705. The average Bonchev–Trinajstić information content (AvgIpc) is 3.52. The molecule has 1 aliphatic heterocycles. The number of hydrogen-bond acceptors (Lipinski definition) is 8. The maximum absolute atomic E-state index is 12.6. The highest BCUT2D eigenvalue weighted by Gasteiger charge is 2.27. The van der Waals surface area contributed by atoms with E-state index in [4.69, 9.17) is 9.15 Å². The van der Waals surface area contributed by atoms with Crippen molar-refractivity contribution >= 4 is 33.4 Å². The first-order valence-electron chi connectivity index (χ1n) is 10.6. The maximum atomic E-state index is 12.6. The van der Waals surface area contributed by atoms with E-state index in [0.717, 1.165) is 24.6 Å². The van der Waals surface area contributed by atoms with Crippen molar-refractivity contribution in [3.63, 3.8) is 0 Å². The van der Waals surface area contributed by atoms with Gasteiger partial charge >= 0.3 is 0 Å². The molecule has 33 heavy (non-hydrogen) atoms. The van der Waals surface area contributed by atoms with E-state index in [9.17, 15) is 13.2 Å². The number of anilines is 1. The molecule has 0 spiro atoms. The summed E-state index contributed by atoms with van der Waals surface area (Å²) >= 11 is 1.11. The molecule has 0 aliphatic carbocycles. The summed E-state index contributed by atoms with van der Waals surface area (Å²) < 4.78 is 37.9. The summed E-state index contributed by atoms with van der Waals surface area (Å²) in [4.78, 5) is 12.6. The molecule has 9 nitrogen and oxygen atoms in total. The van der Waals surface area contributed by atoms with Crippen LogP contribution < -0.4 is 10.1 Å². The van der Waals surface area contributed by atoms with Crippen molar-refractivity contribution < 1.29 is 22.4 Å². The number of rotatable bonds is 9. The Morgan fingerprint density at radius 2 is 1.85 bits per heavy atom. The number of hydrogen-bond donors (Lipinski definition) is 1. The average molecular weight is 489 g/mol. The number of amides is 1. The lowest BCUT2D eigenvalue weighted by Gasteiger charge is -2.15. The van der Waals surface area contributed by atoms with E-state index in [1.165, 1.54) is 4.31 Å². The number of nitrogens with zero attached hydrogens (tertiary/aromatic N) is 3. The number of aromatic nitrogens is 2. The Hall–Kier alpha value is -2.89. The van der Waals surface area contributed by atoms with Crippen molar-refractivity contribution in [3.8, 4) is 17.2 Å². The molecular formula is C22H24N4O5S2. The monoisotopic (exact) mass is 488 g/mol. The van der Waals surface area contributed by atoms with Crippen LogP contribution in [0.25, 0.3) is 11.5 Å². The van der Waals surface area contributed by atoms with Gasteiger partial charge in [-0.1, -0.05) is 23.9 Å². The molecular weight excluding hydrogens is 464 g/mol. The molecule has 1 aromatic heterocycles. The van der Waals surface area contributed by atoms with Crippen LogP contribution >= 0.6 is 11.8 Å². The van der Waals surface area contributed by atoms with E-state index < -0.39 is 10.0 Å². The van der Waals surface area contributed by atoms with Crippen molar-refractivity contribution in [2.45, 2.75) is 29.9 Å². The molecule has 0 radical (unpaired) electrons. The first kappa shape index (κ1) is 23.3. The first-order valence-corrected chi connectivity index (χ1v) is 13.0. The third-order valence-electron chi connectivity index (χ3n) is 5.00. The smallest absolute Gasteiger partial charge is 0.277 e. The lowest BCUT2D eigenvalue weighted by atomic mass is 10.2. The molecule has 0 bridgehead atoms. The Kier molecular flexibility index (Phi) is 7.31. The van der Waals surface area contributed by atoms with Crippen LogP contribution in [0.4, 0.5) is 5.69 Å². The number of nitrogens with one attached hydrogen (secondary N) is 1. The normalized spacial score (nSPS) is 14.3. The Morgan fingerprint density at radius 3 is 2.58 bits per heavy atom. The number of ether oxygens (including phenoxy) is 1. The molecule has 11 heteroatoms. The topological polar surface area (TPSA) is 115 Å². The summed E-state index contributed by atoms with van der Waals surface area (Å²) in [5, 5.41) is 11.0. The molecule has 1 N–H and O–H groups in total. The standard InChI is InChI=1S/C22H24N4O5S2/c1-2-30-19-8-4-3-7-18(19)23-20(27)15-32-22-25-24-21(31-22)16-9-11-17(12-10-16)33(28,29)26-13-5-6-14-26/h3-4,7-12H,2,5-6,13-15H2,1H3,(H,23,27). The van der Waals surface area contributed by atoms with E-state index in [1.54, 1.807) is 36.4 Å². The van der Waals surface area contributed by atoms with Crippen molar-refractivity contribution in [3.05, 3.63) is 48.5 Å². The fourth-order valence-corrected chi connectivity index (χ4v) is 5.48. The lowest BCUT2D eigenvalue weighted by molar-refractivity contribution is -0.113. The second-order valence-electron chi connectivity index (χ2n) is 7.27. The van der Waals surface area contributed by atoms with E-state index >= 15 is 0 Å². The minimum Gasteiger partial charge on any atom is -0.492 e. The Balaban J connectivity index is 1.36. The van der Waals surface area contributed by atoms with Crippen LogP contribution in [-0.2, 0) is 14.8 Å². The highest BCUT2D eigenvalue weighted by Crippen LogP contribution is 2.27. The Labute approximate surface area is 196 Å². The largest absolute Gasteiger partial charge is 0.492 e. The molecule has 3 aromatic rings. The van der Waals surface area contributed by atoms with Gasteiger partial charge in [0.15, 0.2) is 0 Å². The van der Waals surface area contributed by atoms with Gasteiger partial charge in [-0.25, -0.2) is 8.42 Å². The van der Waals surface area contributed by atoms with Crippen LogP contribution in [0.5, 0.6) is 5.75 Å². The minimum absolute atomic E-state index is 0.0785. The van der Waals surface area contributed by atoms with Crippen LogP contribution in [0.15, 0.2) is 63.1 Å². The van der Waals surface area contributed by atoms with Crippen LogP contribution in [0.3, 0.4) is 0 Å². The lowest BCUT2D eigenvalue weighted by Crippen LogP contribution is -2.27. The Morgan fingerprint density at radius 1 is 1.12 bits per heavy atom. The summed E-state index contributed by atoms with van der Waals surface area (Å²) in [7, 11) is -3.47. The fraction of sp³-hybridized carbons (Fsp3) is 0.318. The fourth-order valence-electron chi connectivity index (χ4n) is 3.40. The highest BCUT2D eigenvalue weighted by atomic mass is 32.2. The molecule has 1 aliphatic rings. The molecule has 0 atom stereocenters. The van der Waals surface area contributed by atoms with Gasteiger partial charge in [0, 0.05) is 18.7 Å². The van der Waals surface area contributed by atoms with Gasteiger partial charge in [0.2, 0.25) is 21.8 Å². The molecule has 0 saturated carbocycles. The minimum atomic E-state index is -3.47.